The first-order chi connectivity index (χ1) is 15.2. The number of nitrogens with one attached hydrogen (secondary N) is 1. The van der Waals surface area contributed by atoms with Crippen molar-refractivity contribution in [1.29, 1.82) is 0 Å². The molecule has 32 heavy (non-hydrogen) atoms. The number of aromatic amines is 1. The molecule has 2 aromatic carbocycles. The Kier molecular flexibility index (Phi) is 6.21. The average Bonchev–Trinajstić information content (AvgIpc) is 3.08. The van der Waals surface area contributed by atoms with E-state index >= 15 is 0 Å². The van der Waals surface area contributed by atoms with E-state index in [0.29, 0.717) is 50.1 Å². The second-order valence-corrected chi connectivity index (χ2v) is 9.37. The topological polar surface area (TPSA) is 66.8 Å². The lowest BCUT2D eigenvalue weighted by molar-refractivity contribution is 0.771. The molecule has 0 bridgehead atoms. The van der Waals surface area contributed by atoms with Crippen LogP contribution < -0.4 is 10.5 Å². The normalized spacial score (nSPS) is 11.5. The molecular weight excluding hydrogens is 469 g/mol. The Labute approximate surface area is 201 Å². The number of aromatic nitrogens is 4. The highest BCUT2D eigenvalue weighted by Gasteiger charge is 2.27. The highest BCUT2D eigenvalue weighted by molar-refractivity contribution is 6.40. The van der Waals surface area contributed by atoms with Gasteiger partial charge >= 0.3 is 0 Å². The average molecular weight is 491 g/mol. The lowest BCUT2D eigenvalue weighted by atomic mass is 10.1. The summed E-state index contributed by atoms with van der Waals surface area (Å²) >= 11 is 19.0. The standard InChI is InChI=1S/C23H22Cl3N5O/c1-12(2)20-19-22(31(29-20)21-16(25)10-14(24)11-17(21)26)27-18(28-23(19)32)9-13-5-7-15(8-6-13)30(3)4/h5-8,10-12,29H,9H2,1-4H3. The fraction of sp³-hybridized carbons (Fsp3) is 0.261. The van der Waals surface area contributed by atoms with Crippen LogP contribution in [0.5, 0.6) is 0 Å². The Morgan fingerprint density at radius 2 is 1.66 bits per heavy atom. The van der Waals surface area contributed by atoms with Gasteiger partial charge in [0.25, 0.3) is 5.56 Å². The highest BCUT2D eigenvalue weighted by atomic mass is 35.5. The van der Waals surface area contributed by atoms with Crippen LogP contribution in [0.2, 0.25) is 15.1 Å². The molecule has 9 heteroatoms. The molecular formula is C23H22Cl3N5O. The molecule has 0 aliphatic carbocycles. The summed E-state index contributed by atoms with van der Waals surface area (Å²) in [6, 6.07) is 11.3. The highest BCUT2D eigenvalue weighted by Crippen LogP contribution is 2.36. The van der Waals surface area contributed by atoms with Gasteiger partial charge in [-0.3, -0.25) is 9.89 Å². The second kappa shape index (κ2) is 8.77. The minimum absolute atomic E-state index is 0.0318. The van der Waals surface area contributed by atoms with Crippen LogP contribution in [0.1, 0.15) is 36.8 Å². The molecule has 0 saturated carbocycles. The minimum Gasteiger partial charge on any atom is -0.378 e. The first-order valence-electron chi connectivity index (χ1n) is 10.1. The van der Waals surface area contributed by atoms with E-state index in [2.05, 4.69) is 10.1 Å². The van der Waals surface area contributed by atoms with Crippen molar-refractivity contribution in [2.24, 2.45) is 0 Å². The first kappa shape index (κ1) is 22.6. The second-order valence-electron chi connectivity index (χ2n) is 8.11. The van der Waals surface area contributed by atoms with Gasteiger partial charge < -0.3 is 4.90 Å². The van der Waals surface area contributed by atoms with Crippen molar-refractivity contribution in [1.82, 2.24) is 19.7 Å². The van der Waals surface area contributed by atoms with Gasteiger partial charge in [-0.15, -0.1) is 0 Å². The lowest BCUT2D eigenvalue weighted by Crippen LogP contribution is -2.18. The van der Waals surface area contributed by atoms with E-state index < -0.39 is 0 Å². The Morgan fingerprint density at radius 1 is 1.03 bits per heavy atom. The third kappa shape index (κ3) is 4.22. The van der Waals surface area contributed by atoms with Crippen molar-refractivity contribution in [2.75, 3.05) is 19.0 Å². The molecule has 2 aromatic rings. The molecule has 2 aliphatic rings. The third-order valence-electron chi connectivity index (χ3n) is 5.21. The van der Waals surface area contributed by atoms with E-state index in [0.717, 1.165) is 11.3 Å². The molecule has 0 fully saturated rings. The quantitative estimate of drug-likeness (QED) is 0.384. The van der Waals surface area contributed by atoms with Crippen LogP contribution in [0, 0.1) is 0 Å². The summed E-state index contributed by atoms with van der Waals surface area (Å²) in [6.07, 6.45) is 0.420. The van der Waals surface area contributed by atoms with Gasteiger partial charge in [0.1, 0.15) is 17.1 Å². The SMILES string of the molecule is CC(C)c1[nH]n(-c2c(Cl)cc(Cl)cc2Cl)c2nc(Cc3ccc(N(C)C)cc3)nc(=O)c1-2. The fourth-order valence-electron chi connectivity index (χ4n) is 3.60. The summed E-state index contributed by atoms with van der Waals surface area (Å²) in [6.45, 7) is 3.97. The zero-order valence-corrected chi connectivity index (χ0v) is 20.3. The van der Waals surface area contributed by atoms with E-state index in [1.807, 2.05) is 57.1 Å². The van der Waals surface area contributed by atoms with Crippen molar-refractivity contribution < 1.29 is 0 Å². The predicted molar refractivity (Wildman–Crippen MR) is 131 cm³/mol. The number of hydrogen-bond acceptors (Lipinski definition) is 4. The smallest absolute Gasteiger partial charge is 0.284 e. The van der Waals surface area contributed by atoms with Crippen molar-refractivity contribution >= 4 is 40.5 Å². The number of rotatable bonds is 5. The van der Waals surface area contributed by atoms with Crippen molar-refractivity contribution in [3.63, 3.8) is 0 Å². The summed E-state index contributed by atoms with van der Waals surface area (Å²) in [5, 5.41) is 4.37. The summed E-state index contributed by atoms with van der Waals surface area (Å²) in [5.74, 6) is 0.883. The number of hydrogen-bond donors (Lipinski definition) is 1. The lowest BCUT2D eigenvalue weighted by Gasteiger charge is -2.13. The molecule has 0 radical (unpaired) electrons. The molecule has 2 heterocycles. The summed E-state index contributed by atoms with van der Waals surface area (Å²) in [4.78, 5) is 24.1. The molecule has 0 aromatic heterocycles. The van der Waals surface area contributed by atoms with Gasteiger partial charge in [0.2, 0.25) is 0 Å². The number of fused-ring (bicyclic) bond motifs is 1. The maximum atomic E-state index is 13.0. The molecule has 0 atom stereocenters. The van der Waals surface area contributed by atoms with Crippen molar-refractivity contribution in [3.05, 3.63) is 78.9 Å². The molecule has 0 saturated heterocycles. The van der Waals surface area contributed by atoms with E-state index in [1.54, 1.807) is 16.8 Å². The molecule has 0 spiro atoms. The molecule has 166 valence electrons. The summed E-state index contributed by atoms with van der Waals surface area (Å²) in [7, 11) is 3.97. The van der Waals surface area contributed by atoms with Gasteiger partial charge in [-0.2, -0.15) is 4.98 Å². The molecule has 1 N–H and O–H groups in total. The van der Waals surface area contributed by atoms with Crippen LogP contribution in [-0.2, 0) is 6.42 Å². The van der Waals surface area contributed by atoms with Crippen LogP contribution in [0.15, 0.2) is 41.2 Å². The van der Waals surface area contributed by atoms with Crippen LogP contribution in [0.25, 0.3) is 17.1 Å². The zero-order valence-electron chi connectivity index (χ0n) is 18.1. The fourth-order valence-corrected chi connectivity index (χ4v) is 4.59. The van der Waals surface area contributed by atoms with Crippen molar-refractivity contribution in [3.8, 4) is 17.1 Å². The Morgan fingerprint density at radius 3 is 2.22 bits per heavy atom. The maximum Gasteiger partial charge on any atom is 0.284 e. The van der Waals surface area contributed by atoms with Gasteiger partial charge in [0.15, 0.2) is 5.82 Å². The first-order valence-corrected chi connectivity index (χ1v) is 11.2. The zero-order chi connectivity index (χ0) is 23.2. The molecule has 4 rings (SSSR count). The van der Waals surface area contributed by atoms with Gasteiger partial charge in [0.05, 0.1) is 15.7 Å². The van der Waals surface area contributed by atoms with Gasteiger partial charge in [-0.25, -0.2) is 9.67 Å². The Hall–Kier alpha value is -2.54. The van der Waals surface area contributed by atoms with Gasteiger partial charge in [0, 0.05) is 31.2 Å². The van der Waals surface area contributed by atoms with Crippen molar-refractivity contribution in [2.45, 2.75) is 26.2 Å². The maximum absolute atomic E-state index is 13.0. The summed E-state index contributed by atoms with van der Waals surface area (Å²) < 4.78 is 1.65. The van der Waals surface area contributed by atoms with Crippen LogP contribution >= 0.6 is 34.8 Å². The van der Waals surface area contributed by atoms with Gasteiger partial charge in [-0.1, -0.05) is 60.8 Å². The van der Waals surface area contributed by atoms with E-state index in [-0.39, 0.29) is 11.5 Å². The largest absolute Gasteiger partial charge is 0.378 e. The summed E-state index contributed by atoms with van der Waals surface area (Å²) in [5.41, 5.74) is 3.38. The number of halogens is 3. The van der Waals surface area contributed by atoms with Gasteiger partial charge in [-0.05, 0) is 35.7 Å². The van der Waals surface area contributed by atoms with E-state index in [1.165, 1.54) is 0 Å². The number of anilines is 1. The predicted octanol–water partition coefficient (Wildman–Crippen LogP) is 5.80. The molecule has 6 nitrogen and oxygen atoms in total. The Balaban J connectivity index is 1.87. The monoisotopic (exact) mass is 489 g/mol. The third-order valence-corrected chi connectivity index (χ3v) is 6.01. The van der Waals surface area contributed by atoms with Crippen LogP contribution in [0.3, 0.4) is 0 Å². The Bertz CT molecular complexity index is 1290. The number of benzene rings is 2. The van der Waals surface area contributed by atoms with E-state index in [4.69, 9.17) is 39.8 Å². The number of nitrogens with zero attached hydrogens (tertiary/aromatic N) is 4. The molecule has 0 unspecified atom stereocenters. The molecule has 0 amide bonds. The number of H-pyrrole nitrogens is 1. The minimum atomic E-state index is -0.338. The van der Waals surface area contributed by atoms with Crippen LogP contribution in [-0.4, -0.2) is 33.8 Å². The van der Waals surface area contributed by atoms with E-state index in [9.17, 15) is 4.79 Å². The van der Waals surface area contributed by atoms with Crippen LogP contribution in [0.4, 0.5) is 5.69 Å². The molecule has 2 aliphatic heterocycles.